The van der Waals surface area contributed by atoms with Crippen LogP contribution >= 0.6 is 11.3 Å². The molecular weight excluding hydrogens is 354 g/mol. The Morgan fingerprint density at radius 2 is 1.19 bits per heavy atom. The van der Waals surface area contributed by atoms with E-state index in [1.807, 2.05) is 18.2 Å². The molecule has 3 aromatic carbocycles. The molecule has 0 radical (unpaired) electrons. The Bertz CT molecular complexity index is 1170. The molecule has 4 aromatic rings. The van der Waals surface area contributed by atoms with Crippen molar-refractivity contribution in [1.82, 2.24) is 0 Å². The molecule has 27 heavy (non-hydrogen) atoms. The molecule has 0 fully saturated rings. The summed E-state index contributed by atoms with van der Waals surface area (Å²) in [4.78, 5) is 2.34. The zero-order valence-electron chi connectivity index (χ0n) is 14.2. The van der Waals surface area contributed by atoms with Crippen molar-refractivity contribution >= 4 is 27.7 Å². The number of hydrogen-bond acceptors (Lipinski definition) is 4. The fourth-order valence-electron chi connectivity index (χ4n) is 4.63. The molecule has 0 amide bonds. The molecule has 4 heterocycles. The molecule has 0 atom stereocenters. The van der Waals surface area contributed by atoms with Gasteiger partial charge in [0.05, 0.1) is 22.3 Å². The first-order valence-corrected chi connectivity index (χ1v) is 9.86. The lowest BCUT2D eigenvalue weighted by Crippen LogP contribution is -2.26. The first-order chi connectivity index (χ1) is 13.4. The third-order valence-electron chi connectivity index (χ3n) is 5.63. The van der Waals surface area contributed by atoms with Crippen molar-refractivity contribution in [2.75, 3.05) is 4.90 Å². The zero-order chi connectivity index (χ0) is 17.5. The Balaban J connectivity index is 1.65. The van der Waals surface area contributed by atoms with E-state index in [1.165, 1.54) is 27.5 Å². The molecule has 1 aromatic heterocycles. The Kier molecular flexibility index (Phi) is 2.43. The Morgan fingerprint density at radius 3 is 1.74 bits per heavy atom. The SMILES string of the molecule is c1csc(N2c3cccc4c3C3c5c(cccc5Oc5cccc2c53)O4)c1. The Hall–Kier alpha value is -3.24. The van der Waals surface area contributed by atoms with Gasteiger partial charge >= 0.3 is 0 Å². The average molecular weight is 367 g/mol. The Morgan fingerprint density at radius 1 is 0.630 bits per heavy atom. The number of nitrogens with zero attached hydrogens (tertiary/aromatic N) is 1. The van der Waals surface area contributed by atoms with Gasteiger partial charge in [-0.25, -0.2) is 0 Å². The van der Waals surface area contributed by atoms with E-state index in [9.17, 15) is 0 Å². The summed E-state index contributed by atoms with van der Waals surface area (Å²) in [7, 11) is 0. The highest BCUT2D eigenvalue weighted by atomic mass is 32.1. The van der Waals surface area contributed by atoms with Crippen LogP contribution in [0, 0.1) is 0 Å². The summed E-state index contributed by atoms with van der Waals surface area (Å²) in [6.07, 6.45) is 0. The fraction of sp³-hybridized carbons (Fsp3) is 0.0435. The summed E-state index contributed by atoms with van der Waals surface area (Å²) in [5.74, 6) is 3.81. The predicted octanol–water partition coefficient (Wildman–Crippen LogP) is 6.92. The molecule has 0 saturated heterocycles. The molecule has 0 saturated carbocycles. The van der Waals surface area contributed by atoms with E-state index in [0.717, 1.165) is 28.6 Å². The minimum Gasteiger partial charge on any atom is -0.457 e. The van der Waals surface area contributed by atoms with E-state index in [0.29, 0.717) is 0 Å². The molecule has 0 bridgehead atoms. The summed E-state index contributed by atoms with van der Waals surface area (Å²) in [6, 6.07) is 23.0. The van der Waals surface area contributed by atoms with Crippen LogP contribution in [0.15, 0.2) is 72.1 Å². The van der Waals surface area contributed by atoms with Gasteiger partial charge in [0.1, 0.15) is 23.0 Å². The molecule has 4 heteroatoms. The van der Waals surface area contributed by atoms with Crippen LogP contribution in [-0.2, 0) is 0 Å². The van der Waals surface area contributed by atoms with Gasteiger partial charge in [-0.1, -0.05) is 18.2 Å². The highest BCUT2D eigenvalue weighted by Crippen LogP contribution is 2.64. The first kappa shape index (κ1) is 13.9. The highest BCUT2D eigenvalue weighted by Gasteiger charge is 2.44. The van der Waals surface area contributed by atoms with Crippen molar-refractivity contribution in [3.8, 4) is 23.0 Å². The summed E-state index contributed by atoms with van der Waals surface area (Å²) in [5.41, 5.74) is 5.98. The van der Waals surface area contributed by atoms with E-state index in [4.69, 9.17) is 9.47 Å². The van der Waals surface area contributed by atoms with E-state index in [2.05, 4.69) is 58.8 Å². The minimum absolute atomic E-state index is 0.146. The van der Waals surface area contributed by atoms with Crippen LogP contribution in [0.25, 0.3) is 0 Å². The van der Waals surface area contributed by atoms with E-state index < -0.39 is 0 Å². The number of anilines is 3. The van der Waals surface area contributed by atoms with Crippen molar-refractivity contribution in [2.24, 2.45) is 0 Å². The second kappa shape index (κ2) is 4.72. The van der Waals surface area contributed by atoms with Gasteiger partial charge in [-0.05, 0) is 53.9 Å². The lowest BCUT2D eigenvalue weighted by Gasteiger charge is -2.43. The van der Waals surface area contributed by atoms with Gasteiger partial charge in [-0.2, -0.15) is 0 Å². The van der Waals surface area contributed by atoms with E-state index >= 15 is 0 Å². The quantitative estimate of drug-likeness (QED) is 0.314. The number of ether oxygens (including phenoxy) is 2. The largest absolute Gasteiger partial charge is 0.457 e. The number of rotatable bonds is 1. The summed E-state index contributed by atoms with van der Waals surface area (Å²) < 4.78 is 12.6. The normalized spacial score (nSPS) is 15.0. The standard InChI is InChI=1S/C23H13NO2S/c1-5-13-20-15(7-1)25-17-9-3-10-18-22(17)23(20)21-14(6-2-8-16(21)26-18)24(13)19-11-4-12-27-19/h1-12,23H. The average Bonchev–Trinajstić information content (AvgIpc) is 3.22. The lowest BCUT2D eigenvalue weighted by molar-refractivity contribution is 0.409. The van der Waals surface area contributed by atoms with E-state index in [-0.39, 0.29) is 5.92 Å². The summed E-state index contributed by atoms with van der Waals surface area (Å²) in [6.45, 7) is 0. The molecule has 3 aliphatic heterocycles. The van der Waals surface area contributed by atoms with Gasteiger partial charge in [0.25, 0.3) is 0 Å². The van der Waals surface area contributed by atoms with Crippen LogP contribution in [0.4, 0.5) is 16.4 Å². The van der Waals surface area contributed by atoms with Crippen molar-refractivity contribution in [1.29, 1.82) is 0 Å². The van der Waals surface area contributed by atoms with Crippen LogP contribution in [0.1, 0.15) is 22.6 Å². The summed E-state index contributed by atoms with van der Waals surface area (Å²) >= 11 is 1.74. The molecule has 0 aliphatic carbocycles. The minimum atomic E-state index is 0.146. The van der Waals surface area contributed by atoms with Crippen LogP contribution in [0.5, 0.6) is 23.0 Å². The molecule has 0 N–H and O–H groups in total. The maximum Gasteiger partial charge on any atom is 0.135 e. The van der Waals surface area contributed by atoms with Crippen LogP contribution in [0.2, 0.25) is 0 Å². The van der Waals surface area contributed by atoms with Crippen LogP contribution < -0.4 is 14.4 Å². The third-order valence-corrected chi connectivity index (χ3v) is 6.48. The highest BCUT2D eigenvalue weighted by molar-refractivity contribution is 7.14. The fourth-order valence-corrected chi connectivity index (χ4v) is 5.39. The second-order valence-electron chi connectivity index (χ2n) is 6.97. The number of hydrogen-bond donors (Lipinski definition) is 0. The van der Waals surface area contributed by atoms with Gasteiger partial charge in [0.15, 0.2) is 0 Å². The monoisotopic (exact) mass is 367 g/mol. The van der Waals surface area contributed by atoms with Crippen LogP contribution in [0.3, 0.4) is 0 Å². The maximum atomic E-state index is 6.31. The third kappa shape index (κ3) is 1.62. The van der Waals surface area contributed by atoms with Gasteiger partial charge in [-0.3, -0.25) is 0 Å². The van der Waals surface area contributed by atoms with Crippen molar-refractivity contribution in [3.05, 3.63) is 88.8 Å². The maximum absolute atomic E-state index is 6.31. The van der Waals surface area contributed by atoms with E-state index in [1.54, 1.807) is 11.3 Å². The van der Waals surface area contributed by atoms with Crippen molar-refractivity contribution in [2.45, 2.75) is 5.92 Å². The first-order valence-electron chi connectivity index (χ1n) is 8.98. The molecular formula is C23H13NO2S. The molecule has 128 valence electrons. The van der Waals surface area contributed by atoms with Gasteiger partial charge < -0.3 is 14.4 Å². The van der Waals surface area contributed by atoms with Crippen LogP contribution in [-0.4, -0.2) is 0 Å². The molecule has 7 rings (SSSR count). The van der Waals surface area contributed by atoms with Gasteiger partial charge in [0.2, 0.25) is 0 Å². The molecule has 3 aliphatic rings. The number of benzene rings is 3. The summed E-state index contributed by atoms with van der Waals surface area (Å²) in [5, 5.41) is 3.31. The zero-order valence-corrected chi connectivity index (χ0v) is 15.0. The molecule has 0 unspecified atom stereocenters. The topological polar surface area (TPSA) is 21.7 Å². The van der Waals surface area contributed by atoms with Gasteiger partial charge in [0, 0.05) is 16.7 Å². The predicted molar refractivity (Wildman–Crippen MR) is 107 cm³/mol. The molecule has 0 spiro atoms. The van der Waals surface area contributed by atoms with Crippen molar-refractivity contribution in [3.63, 3.8) is 0 Å². The Labute approximate surface area is 160 Å². The van der Waals surface area contributed by atoms with Gasteiger partial charge in [-0.15, -0.1) is 11.3 Å². The number of thiophene rings is 1. The van der Waals surface area contributed by atoms with Crippen molar-refractivity contribution < 1.29 is 9.47 Å². The smallest absolute Gasteiger partial charge is 0.135 e. The lowest BCUT2D eigenvalue weighted by atomic mass is 9.76. The molecule has 3 nitrogen and oxygen atoms in total. The second-order valence-corrected chi connectivity index (χ2v) is 7.90.